The molecular weight excluding hydrogens is 354 g/mol. The Hall–Kier alpha value is -2.54. The minimum Gasteiger partial charge on any atom is -0.494 e. The number of rotatable bonds is 8. The molecule has 0 aliphatic heterocycles. The smallest absolute Gasteiger partial charge is 0.327 e. The zero-order valence-electron chi connectivity index (χ0n) is 15.0. The van der Waals surface area contributed by atoms with Crippen molar-refractivity contribution in [3.63, 3.8) is 0 Å². The van der Waals surface area contributed by atoms with Gasteiger partial charge in [-0.2, -0.15) is 0 Å². The van der Waals surface area contributed by atoms with Crippen molar-refractivity contribution >= 4 is 21.7 Å². The zero-order chi connectivity index (χ0) is 19.3. The van der Waals surface area contributed by atoms with Crippen molar-refractivity contribution in [2.45, 2.75) is 38.1 Å². The number of carboxylic acids is 1. The monoisotopic (exact) mass is 377 g/mol. The second-order valence-electron chi connectivity index (χ2n) is 5.97. The molecule has 7 heteroatoms. The lowest BCUT2D eigenvalue weighted by molar-refractivity contribution is -0.137. The lowest BCUT2D eigenvalue weighted by Crippen LogP contribution is -2.43. The van der Waals surface area contributed by atoms with Gasteiger partial charge in [0.15, 0.2) is 0 Å². The summed E-state index contributed by atoms with van der Waals surface area (Å²) >= 11 is 0. The maximum Gasteiger partial charge on any atom is 0.327 e. The number of carbonyl (C=O) groups is 1. The van der Waals surface area contributed by atoms with E-state index in [1.165, 1.54) is 19.1 Å². The summed E-state index contributed by atoms with van der Waals surface area (Å²) in [6.07, 6.45) is 0.853. The molecule has 1 unspecified atom stereocenters. The fourth-order valence-corrected chi connectivity index (χ4v) is 4.02. The van der Waals surface area contributed by atoms with E-state index in [1.807, 2.05) is 13.8 Å². The Morgan fingerprint density at radius 2 is 1.69 bits per heavy atom. The van der Waals surface area contributed by atoms with Gasteiger partial charge >= 0.3 is 5.97 Å². The maximum absolute atomic E-state index is 13.1. The van der Waals surface area contributed by atoms with Crippen molar-refractivity contribution in [3.8, 4) is 5.75 Å². The largest absolute Gasteiger partial charge is 0.494 e. The highest BCUT2D eigenvalue weighted by atomic mass is 32.2. The van der Waals surface area contributed by atoms with Gasteiger partial charge in [-0.1, -0.05) is 24.6 Å². The minimum atomic E-state index is -4.03. The lowest BCUT2D eigenvalue weighted by atomic mass is 10.2. The number of ether oxygens (including phenoxy) is 1. The molecule has 0 aromatic heterocycles. The van der Waals surface area contributed by atoms with Gasteiger partial charge in [0.2, 0.25) is 0 Å². The van der Waals surface area contributed by atoms with Crippen LogP contribution >= 0.6 is 0 Å². The first-order valence-electron chi connectivity index (χ1n) is 8.34. The van der Waals surface area contributed by atoms with Crippen molar-refractivity contribution < 1.29 is 23.1 Å². The highest BCUT2D eigenvalue weighted by Gasteiger charge is 2.33. The van der Waals surface area contributed by atoms with E-state index < -0.39 is 22.0 Å². The van der Waals surface area contributed by atoms with E-state index in [-0.39, 0.29) is 10.6 Å². The van der Waals surface area contributed by atoms with Gasteiger partial charge in [-0.25, -0.2) is 13.2 Å². The SMILES string of the molecule is CCCOc1ccc(N(C(C)C(=O)O)S(=O)(=O)c2ccc(C)cc2)cc1. The third-order valence-electron chi connectivity index (χ3n) is 3.85. The molecule has 0 aliphatic rings. The van der Waals surface area contributed by atoms with Crippen LogP contribution < -0.4 is 9.04 Å². The molecule has 0 bridgehead atoms. The molecule has 0 saturated heterocycles. The summed E-state index contributed by atoms with van der Waals surface area (Å²) in [7, 11) is -4.03. The summed E-state index contributed by atoms with van der Waals surface area (Å²) in [6, 6.07) is 11.4. The van der Waals surface area contributed by atoms with Crippen LogP contribution in [0.4, 0.5) is 5.69 Å². The molecule has 0 saturated carbocycles. The van der Waals surface area contributed by atoms with Crippen molar-refractivity contribution in [1.29, 1.82) is 0 Å². The summed E-state index contributed by atoms with van der Waals surface area (Å²) in [4.78, 5) is 11.6. The lowest BCUT2D eigenvalue weighted by Gasteiger charge is -2.28. The Balaban J connectivity index is 2.46. The van der Waals surface area contributed by atoms with E-state index in [9.17, 15) is 18.3 Å². The van der Waals surface area contributed by atoms with Crippen LogP contribution in [0.5, 0.6) is 5.75 Å². The summed E-state index contributed by atoms with van der Waals surface area (Å²) in [5.41, 5.74) is 1.18. The van der Waals surface area contributed by atoms with Gasteiger partial charge in [0.1, 0.15) is 11.8 Å². The third-order valence-corrected chi connectivity index (χ3v) is 5.76. The summed E-state index contributed by atoms with van der Waals surface area (Å²) in [6.45, 7) is 5.73. The molecule has 0 aliphatic carbocycles. The second-order valence-corrected chi connectivity index (χ2v) is 7.79. The van der Waals surface area contributed by atoms with Crippen LogP contribution in [0.3, 0.4) is 0 Å². The van der Waals surface area contributed by atoms with Crippen LogP contribution in [0.1, 0.15) is 25.8 Å². The number of anilines is 1. The topological polar surface area (TPSA) is 83.9 Å². The minimum absolute atomic E-state index is 0.0440. The summed E-state index contributed by atoms with van der Waals surface area (Å²) in [5, 5.41) is 9.41. The molecule has 1 N–H and O–H groups in total. The molecule has 2 aromatic rings. The number of sulfonamides is 1. The normalized spacial score (nSPS) is 12.4. The van der Waals surface area contributed by atoms with E-state index in [0.29, 0.717) is 12.4 Å². The van der Waals surface area contributed by atoms with Crippen LogP contribution in [0.25, 0.3) is 0 Å². The predicted octanol–water partition coefficient (Wildman–Crippen LogP) is 3.45. The first-order chi connectivity index (χ1) is 12.3. The van der Waals surface area contributed by atoms with Gasteiger partial charge in [0.05, 0.1) is 17.2 Å². The molecule has 0 radical (unpaired) electrons. The van der Waals surface area contributed by atoms with Crippen LogP contribution in [-0.2, 0) is 14.8 Å². The fourth-order valence-electron chi connectivity index (χ4n) is 2.40. The number of benzene rings is 2. The summed E-state index contributed by atoms with van der Waals surface area (Å²) in [5.74, 6) is -0.627. The molecule has 140 valence electrons. The molecule has 2 aromatic carbocycles. The molecule has 6 nitrogen and oxygen atoms in total. The third kappa shape index (κ3) is 4.35. The molecule has 26 heavy (non-hydrogen) atoms. The molecule has 0 fully saturated rings. The number of aliphatic carboxylic acids is 1. The standard InChI is InChI=1S/C19H23NO5S/c1-4-13-25-17-9-7-16(8-10-17)20(15(3)19(21)22)26(23,24)18-11-5-14(2)6-12-18/h5-12,15H,4,13H2,1-3H3,(H,21,22). The van der Waals surface area contributed by atoms with E-state index in [2.05, 4.69) is 0 Å². The number of hydrogen-bond donors (Lipinski definition) is 1. The quantitative estimate of drug-likeness (QED) is 0.762. The maximum atomic E-state index is 13.1. The van der Waals surface area contributed by atoms with Crippen molar-refractivity contribution in [1.82, 2.24) is 0 Å². The average Bonchev–Trinajstić information content (AvgIpc) is 2.61. The molecule has 0 spiro atoms. The van der Waals surface area contributed by atoms with E-state index in [0.717, 1.165) is 16.3 Å². The molecule has 2 rings (SSSR count). The number of aryl methyl sites for hydroxylation is 1. The van der Waals surface area contributed by atoms with Crippen LogP contribution in [-0.4, -0.2) is 32.1 Å². The van der Waals surface area contributed by atoms with E-state index in [4.69, 9.17) is 4.74 Å². The first-order valence-corrected chi connectivity index (χ1v) is 9.78. The van der Waals surface area contributed by atoms with Crippen LogP contribution in [0.2, 0.25) is 0 Å². The molecule has 0 heterocycles. The second kappa shape index (κ2) is 8.23. The van der Waals surface area contributed by atoms with Gasteiger partial charge in [0.25, 0.3) is 10.0 Å². The van der Waals surface area contributed by atoms with Crippen LogP contribution in [0, 0.1) is 6.92 Å². The Labute approximate surface area is 154 Å². The van der Waals surface area contributed by atoms with Crippen molar-refractivity contribution in [2.75, 3.05) is 10.9 Å². The Bertz CT molecular complexity index is 845. The first kappa shape index (κ1) is 19.8. The molecular formula is C19H23NO5S. The number of hydrogen-bond acceptors (Lipinski definition) is 4. The van der Waals surface area contributed by atoms with Gasteiger partial charge in [-0.3, -0.25) is 4.31 Å². The number of nitrogens with zero attached hydrogens (tertiary/aromatic N) is 1. The summed E-state index contributed by atoms with van der Waals surface area (Å²) < 4.78 is 32.6. The predicted molar refractivity (Wildman–Crippen MR) is 100 cm³/mol. The van der Waals surface area contributed by atoms with E-state index in [1.54, 1.807) is 36.4 Å². The van der Waals surface area contributed by atoms with E-state index >= 15 is 0 Å². The van der Waals surface area contributed by atoms with Crippen molar-refractivity contribution in [2.24, 2.45) is 0 Å². The molecule has 0 amide bonds. The number of carboxylic acid groups (broad SMARTS) is 1. The van der Waals surface area contributed by atoms with Gasteiger partial charge in [-0.15, -0.1) is 0 Å². The average molecular weight is 377 g/mol. The molecule has 1 atom stereocenters. The highest BCUT2D eigenvalue weighted by Crippen LogP contribution is 2.28. The van der Waals surface area contributed by atoms with Crippen LogP contribution in [0.15, 0.2) is 53.4 Å². The fraction of sp³-hybridized carbons (Fsp3) is 0.316. The van der Waals surface area contributed by atoms with Gasteiger partial charge in [0, 0.05) is 0 Å². The highest BCUT2D eigenvalue weighted by molar-refractivity contribution is 7.92. The van der Waals surface area contributed by atoms with Gasteiger partial charge in [-0.05, 0) is 56.7 Å². The van der Waals surface area contributed by atoms with Crippen molar-refractivity contribution in [3.05, 3.63) is 54.1 Å². The Kier molecular flexibility index (Phi) is 6.26. The zero-order valence-corrected chi connectivity index (χ0v) is 15.9. The van der Waals surface area contributed by atoms with Gasteiger partial charge < -0.3 is 9.84 Å². The Morgan fingerprint density at radius 3 is 2.19 bits per heavy atom. The Morgan fingerprint density at radius 1 is 1.12 bits per heavy atom.